The van der Waals surface area contributed by atoms with Crippen molar-refractivity contribution in [2.45, 2.75) is 32.7 Å². The van der Waals surface area contributed by atoms with E-state index < -0.39 is 0 Å². The van der Waals surface area contributed by atoms with Crippen molar-refractivity contribution in [2.75, 3.05) is 4.90 Å². The van der Waals surface area contributed by atoms with Gasteiger partial charge in [-0.3, -0.25) is 9.69 Å². The van der Waals surface area contributed by atoms with Crippen LogP contribution in [0, 0.1) is 15.4 Å². The summed E-state index contributed by atoms with van der Waals surface area (Å²) in [6, 6.07) is 17.9. The van der Waals surface area contributed by atoms with Crippen LogP contribution in [-0.4, -0.2) is 5.91 Å². The highest BCUT2D eigenvalue weighted by Gasteiger charge is 2.16. The van der Waals surface area contributed by atoms with Gasteiger partial charge < -0.3 is 0 Å². The third kappa shape index (κ3) is 5.40. The molecule has 0 aliphatic rings. The first-order valence-corrected chi connectivity index (χ1v) is 8.89. The van der Waals surface area contributed by atoms with Gasteiger partial charge in [0.2, 0.25) is 0 Å². The van der Waals surface area contributed by atoms with Crippen LogP contribution in [0.4, 0.5) is 5.69 Å². The molecule has 0 aromatic heterocycles. The maximum Gasteiger partial charge on any atom is 0.303 e. The number of para-hydroxylation sites is 1. The molecule has 0 aliphatic carbocycles. The van der Waals surface area contributed by atoms with Crippen LogP contribution in [0.15, 0.2) is 54.6 Å². The third-order valence-electron chi connectivity index (χ3n) is 3.42. The number of hydrogen-bond acceptors (Lipinski definition) is 1. The molecule has 3 heteroatoms. The number of rotatable bonds is 5. The van der Waals surface area contributed by atoms with Gasteiger partial charge in [0.05, 0.1) is 12.2 Å². The predicted octanol–water partition coefficient (Wildman–Crippen LogP) is 5.02. The van der Waals surface area contributed by atoms with E-state index in [0.29, 0.717) is 6.54 Å². The van der Waals surface area contributed by atoms with E-state index in [0.717, 1.165) is 34.1 Å². The third-order valence-corrected chi connectivity index (χ3v) is 4.33. The van der Waals surface area contributed by atoms with Crippen molar-refractivity contribution in [2.24, 2.45) is 0 Å². The molecule has 2 aromatic carbocycles. The number of benzene rings is 2. The number of carbonyl (C=O) groups is 1. The molecule has 0 aliphatic heterocycles. The second kappa shape index (κ2) is 9.36. The lowest BCUT2D eigenvalue weighted by Gasteiger charge is -2.22. The van der Waals surface area contributed by atoms with Gasteiger partial charge in [0.25, 0.3) is 0 Å². The average Bonchev–Trinajstić information content (AvgIpc) is 2.58. The van der Waals surface area contributed by atoms with Gasteiger partial charge in [-0.1, -0.05) is 61.7 Å². The van der Waals surface area contributed by atoms with Crippen molar-refractivity contribution in [1.82, 2.24) is 0 Å². The average molecular weight is 417 g/mol. The van der Waals surface area contributed by atoms with Gasteiger partial charge >= 0.3 is 5.91 Å². The maximum absolute atomic E-state index is 12.6. The molecule has 0 saturated carbocycles. The van der Waals surface area contributed by atoms with E-state index in [1.54, 1.807) is 4.90 Å². The molecule has 0 saturated heterocycles. The Morgan fingerprint density at radius 1 is 1.09 bits per heavy atom. The standard InChI is InChI=1S/C20H20INO/c1-2-3-4-8-15-20(23)22(16-17-11-6-5-7-12-17)19-14-10-9-13-18(19)21/h5-7,9-14H,2-4,16H2,1H3. The van der Waals surface area contributed by atoms with Crippen LogP contribution in [0.3, 0.4) is 0 Å². The van der Waals surface area contributed by atoms with E-state index in [-0.39, 0.29) is 5.91 Å². The van der Waals surface area contributed by atoms with Gasteiger partial charge in [-0.05, 0) is 52.6 Å². The largest absolute Gasteiger partial charge is 0.303 e. The summed E-state index contributed by atoms with van der Waals surface area (Å²) in [4.78, 5) is 14.4. The van der Waals surface area contributed by atoms with E-state index in [1.807, 2.05) is 54.6 Å². The Hall–Kier alpha value is -1.80. The zero-order valence-corrected chi connectivity index (χ0v) is 15.4. The smallest absolute Gasteiger partial charge is 0.296 e. The summed E-state index contributed by atoms with van der Waals surface area (Å²) >= 11 is 2.26. The normalized spacial score (nSPS) is 9.83. The van der Waals surface area contributed by atoms with Crippen LogP contribution >= 0.6 is 22.6 Å². The SMILES string of the molecule is CCCCC#CC(=O)N(Cc1ccccc1)c1ccccc1I. The number of carbonyl (C=O) groups excluding carboxylic acids is 1. The fourth-order valence-electron chi connectivity index (χ4n) is 2.17. The van der Waals surface area contributed by atoms with Gasteiger partial charge in [0, 0.05) is 9.99 Å². The summed E-state index contributed by atoms with van der Waals surface area (Å²) in [5.74, 6) is 5.65. The van der Waals surface area contributed by atoms with Gasteiger partial charge in [0.1, 0.15) is 0 Å². The Labute approximate surface area is 152 Å². The summed E-state index contributed by atoms with van der Waals surface area (Å²) in [7, 11) is 0. The molecule has 118 valence electrons. The molecule has 0 spiro atoms. The fraction of sp³-hybridized carbons (Fsp3) is 0.250. The Bertz CT molecular complexity index is 700. The minimum Gasteiger partial charge on any atom is -0.296 e. The van der Waals surface area contributed by atoms with Crippen molar-refractivity contribution < 1.29 is 4.79 Å². The number of nitrogens with zero attached hydrogens (tertiary/aromatic N) is 1. The number of hydrogen-bond donors (Lipinski definition) is 0. The Morgan fingerprint density at radius 3 is 2.48 bits per heavy atom. The van der Waals surface area contributed by atoms with Gasteiger partial charge in [-0.25, -0.2) is 0 Å². The first-order valence-electron chi connectivity index (χ1n) is 7.81. The second-order valence-electron chi connectivity index (χ2n) is 5.23. The molecule has 0 radical (unpaired) electrons. The Morgan fingerprint density at radius 2 is 1.78 bits per heavy atom. The van der Waals surface area contributed by atoms with Crippen LogP contribution in [0.5, 0.6) is 0 Å². The lowest BCUT2D eigenvalue weighted by atomic mass is 10.2. The lowest BCUT2D eigenvalue weighted by molar-refractivity contribution is -0.113. The Kier molecular flexibility index (Phi) is 7.15. The van der Waals surface area contributed by atoms with Crippen molar-refractivity contribution in [3.8, 4) is 11.8 Å². The fourth-order valence-corrected chi connectivity index (χ4v) is 2.85. The highest BCUT2D eigenvalue weighted by Crippen LogP contribution is 2.24. The van der Waals surface area contributed by atoms with Gasteiger partial charge in [-0.2, -0.15) is 0 Å². The van der Waals surface area contributed by atoms with Crippen LogP contribution in [0.25, 0.3) is 0 Å². The summed E-state index contributed by atoms with van der Waals surface area (Å²) in [5, 5.41) is 0. The zero-order valence-electron chi connectivity index (χ0n) is 13.3. The predicted molar refractivity (Wildman–Crippen MR) is 104 cm³/mol. The van der Waals surface area contributed by atoms with Crippen LogP contribution in [0.2, 0.25) is 0 Å². The highest BCUT2D eigenvalue weighted by molar-refractivity contribution is 14.1. The summed E-state index contributed by atoms with van der Waals surface area (Å²) in [5.41, 5.74) is 2.00. The summed E-state index contributed by atoms with van der Waals surface area (Å²) in [6.45, 7) is 2.65. The molecule has 2 aromatic rings. The minimum atomic E-state index is -0.144. The molecule has 0 bridgehead atoms. The number of halogens is 1. The lowest BCUT2D eigenvalue weighted by Crippen LogP contribution is -2.29. The molecule has 0 atom stereocenters. The van der Waals surface area contributed by atoms with Crippen molar-refractivity contribution in [3.63, 3.8) is 0 Å². The topological polar surface area (TPSA) is 20.3 Å². The molecule has 0 unspecified atom stereocenters. The van der Waals surface area contributed by atoms with Crippen LogP contribution in [-0.2, 0) is 11.3 Å². The van der Waals surface area contributed by atoms with Gasteiger partial charge in [0.15, 0.2) is 0 Å². The van der Waals surface area contributed by atoms with Crippen LogP contribution in [0.1, 0.15) is 31.7 Å². The second-order valence-corrected chi connectivity index (χ2v) is 6.40. The monoisotopic (exact) mass is 417 g/mol. The number of amides is 1. The molecule has 1 amide bonds. The number of unbranched alkanes of at least 4 members (excludes halogenated alkanes) is 2. The van der Waals surface area contributed by atoms with Crippen molar-refractivity contribution in [3.05, 3.63) is 63.7 Å². The molecule has 0 fully saturated rings. The molecule has 23 heavy (non-hydrogen) atoms. The highest BCUT2D eigenvalue weighted by atomic mass is 127. The Balaban J connectivity index is 2.25. The molecule has 2 rings (SSSR count). The van der Waals surface area contributed by atoms with E-state index in [9.17, 15) is 4.79 Å². The zero-order chi connectivity index (χ0) is 16.5. The van der Waals surface area contributed by atoms with E-state index >= 15 is 0 Å². The summed E-state index contributed by atoms with van der Waals surface area (Å²) in [6.07, 6.45) is 2.89. The summed E-state index contributed by atoms with van der Waals surface area (Å²) < 4.78 is 1.05. The van der Waals surface area contributed by atoms with Crippen molar-refractivity contribution in [1.29, 1.82) is 0 Å². The molecule has 0 heterocycles. The molecular formula is C20H20INO. The van der Waals surface area contributed by atoms with E-state index in [4.69, 9.17) is 0 Å². The molecular weight excluding hydrogens is 397 g/mol. The van der Waals surface area contributed by atoms with Gasteiger partial charge in [-0.15, -0.1) is 0 Å². The molecule has 2 nitrogen and oxygen atoms in total. The minimum absolute atomic E-state index is 0.144. The number of anilines is 1. The first-order chi connectivity index (χ1) is 11.2. The van der Waals surface area contributed by atoms with E-state index in [1.165, 1.54) is 0 Å². The van der Waals surface area contributed by atoms with E-state index in [2.05, 4.69) is 41.4 Å². The quantitative estimate of drug-likeness (QED) is 0.380. The maximum atomic E-state index is 12.6. The van der Waals surface area contributed by atoms with Crippen molar-refractivity contribution >= 4 is 34.2 Å². The first kappa shape index (κ1) is 17.6. The molecule has 0 N–H and O–H groups in total. The van der Waals surface area contributed by atoms with Crippen LogP contribution < -0.4 is 4.90 Å².